The van der Waals surface area contributed by atoms with Crippen molar-refractivity contribution in [2.45, 2.75) is 6.92 Å². The first-order valence-corrected chi connectivity index (χ1v) is 6.61. The molecule has 0 unspecified atom stereocenters. The van der Waals surface area contributed by atoms with Crippen molar-refractivity contribution in [2.75, 3.05) is 17.7 Å². The van der Waals surface area contributed by atoms with Gasteiger partial charge in [0.1, 0.15) is 0 Å². The van der Waals surface area contributed by atoms with Crippen LogP contribution in [0.1, 0.15) is 11.1 Å². The molecule has 0 saturated carbocycles. The van der Waals surface area contributed by atoms with Crippen molar-refractivity contribution in [2.24, 2.45) is 0 Å². The van der Waals surface area contributed by atoms with E-state index in [-0.39, 0.29) is 0 Å². The molecule has 0 amide bonds. The van der Waals surface area contributed by atoms with Gasteiger partial charge in [0.15, 0.2) is 0 Å². The Bertz CT molecular complexity index is 659. The third-order valence-electron chi connectivity index (χ3n) is 3.05. The number of rotatable bonds is 2. The van der Waals surface area contributed by atoms with E-state index in [0.29, 0.717) is 11.3 Å². The second-order valence-corrected chi connectivity index (χ2v) is 5.29. The Morgan fingerprint density at radius 2 is 1.89 bits per heavy atom. The van der Waals surface area contributed by atoms with Gasteiger partial charge in [-0.1, -0.05) is 22.0 Å². The fourth-order valence-corrected chi connectivity index (χ4v) is 2.33. The van der Waals surface area contributed by atoms with Gasteiger partial charge in [-0.2, -0.15) is 5.26 Å². The first-order valence-electron chi connectivity index (χ1n) is 5.82. The van der Waals surface area contributed by atoms with Crippen LogP contribution in [0.2, 0.25) is 0 Å². The lowest BCUT2D eigenvalue weighted by Gasteiger charge is -2.23. The Morgan fingerprint density at radius 1 is 1.16 bits per heavy atom. The lowest BCUT2D eigenvalue weighted by Crippen LogP contribution is -2.13. The summed E-state index contributed by atoms with van der Waals surface area (Å²) >= 11 is 3.47. The van der Waals surface area contributed by atoms with Crippen molar-refractivity contribution in [1.29, 1.82) is 5.26 Å². The van der Waals surface area contributed by atoms with Crippen LogP contribution < -0.4 is 10.6 Å². The molecule has 0 fully saturated rings. The molecular formula is C15H14BrN3. The lowest BCUT2D eigenvalue weighted by molar-refractivity contribution is 1.18. The third-order valence-corrected chi connectivity index (χ3v) is 3.55. The van der Waals surface area contributed by atoms with E-state index >= 15 is 0 Å². The smallest absolute Gasteiger partial charge is 0.0992 e. The van der Waals surface area contributed by atoms with E-state index in [1.165, 1.54) is 0 Å². The zero-order chi connectivity index (χ0) is 14.0. The van der Waals surface area contributed by atoms with Gasteiger partial charge >= 0.3 is 0 Å². The zero-order valence-electron chi connectivity index (χ0n) is 10.8. The fourth-order valence-electron chi connectivity index (χ4n) is 1.98. The zero-order valence-corrected chi connectivity index (χ0v) is 12.4. The van der Waals surface area contributed by atoms with Crippen molar-refractivity contribution in [3.63, 3.8) is 0 Å². The predicted octanol–water partition coefficient (Wildman–Crippen LogP) is 3.98. The minimum Gasteiger partial charge on any atom is -0.397 e. The van der Waals surface area contributed by atoms with Crippen LogP contribution in [0.3, 0.4) is 0 Å². The van der Waals surface area contributed by atoms with Crippen LogP contribution in [0.5, 0.6) is 0 Å². The number of nitrogen functional groups attached to an aromatic ring is 1. The van der Waals surface area contributed by atoms with Gasteiger partial charge in [-0.25, -0.2) is 0 Å². The highest BCUT2D eigenvalue weighted by molar-refractivity contribution is 9.10. The van der Waals surface area contributed by atoms with Crippen molar-refractivity contribution in [1.82, 2.24) is 0 Å². The summed E-state index contributed by atoms with van der Waals surface area (Å²) in [6, 6.07) is 13.5. The summed E-state index contributed by atoms with van der Waals surface area (Å²) in [5.41, 5.74) is 10.3. The van der Waals surface area contributed by atoms with E-state index in [1.807, 2.05) is 37.1 Å². The summed E-state index contributed by atoms with van der Waals surface area (Å²) < 4.78 is 1.01. The average Bonchev–Trinajstić information content (AvgIpc) is 2.41. The molecule has 0 atom stereocenters. The molecule has 4 heteroatoms. The summed E-state index contributed by atoms with van der Waals surface area (Å²) in [6.45, 7) is 2.04. The van der Waals surface area contributed by atoms with Gasteiger partial charge in [-0.3, -0.25) is 0 Å². The molecule has 0 aromatic heterocycles. The number of hydrogen-bond acceptors (Lipinski definition) is 3. The predicted molar refractivity (Wildman–Crippen MR) is 82.5 cm³/mol. The van der Waals surface area contributed by atoms with Crippen molar-refractivity contribution in [3.05, 3.63) is 52.0 Å². The van der Waals surface area contributed by atoms with Crippen molar-refractivity contribution < 1.29 is 0 Å². The van der Waals surface area contributed by atoms with Gasteiger partial charge in [0.25, 0.3) is 0 Å². The molecule has 2 aromatic carbocycles. The second-order valence-electron chi connectivity index (χ2n) is 4.38. The van der Waals surface area contributed by atoms with Gasteiger partial charge in [0, 0.05) is 17.2 Å². The van der Waals surface area contributed by atoms with Gasteiger partial charge in [0.05, 0.1) is 23.0 Å². The Morgan fingerprint density at radius 3 is 2.58 bits per heavy atom. The van der Waals surface area contributed by atoms with Gasteiger partial charge in [-0.15, -0.1) is 0 Å². The van der Waals surface area contributed by atoms with Gasteiger partial charge < -0.3 is 10.6 Å². The van der Waals surface area contributed by atoms with Gasteiger partial charge in [-0.05, 0) is 42.8 Å². The van der Waals surface area contributed by atoms with E-state index in [2.05, 4.69) is 22.0 Å². The molecule has 2 aromatic rings. The first-order chi connectivity index (χ1) is 9.02. The molecule has 0 bridgehead atoms. The minimum atomic E-state index is 0.601. The number of nitrogens with two attached hydrogens (primary N) is 1. The molecule has 0 aliphatic carbocycles. The Kier molecular flexibility index (Phi) is 3.77. The molecule has 96 valence electrons. The van der Waals surface area contributed by atoms with Crippen LogP contribution in [0, 0.1) is 18.3 Å². The summed E-state index contributed by atoms with van der Waals surface area (Å²) in [5.74, 6) is 0. The summed E-state index contributed by atoms with van der Waals surface area (Å²) in [5, 5.41) is 8.99. The quantitative estimate of drug-likeness (QED) is 0.853. The van der Waals surface area contributed by atoms with Crippen LogP contribution in [-0.2, 0) is 0 Å². The summed E-state index contributed by atoms with van der Waals surface area (Å²) in [7, 11) is 1.95. The van der Waals surface area contributed by atoms with Crippen LogP contribution in [-0.4, -0.2) is 7.05 Å². The average molecular weight is 316 g/mol. The highest BCUT2D eigenvalue weighted by Crippen LogP contribution is 2.33. The molecule has 2 N–H and O–H groups in total. The van der Waals surface area contributed by atoms with E-state index in [4.69, 9.17) is 11.0 Å². The Labute approximate surface area is 121 Å². The number of nitrogens with zero attached hydrogens (tertiary/aromatic N) is 2. The second kappa shape index (κ2) is 5.33. The maximum Gasteiger partial charge on any atom is 0.0992 e. The van der Waals surface area contributed by atoms with Crippen LogP contribution in [0.25, 0.3) is 0 Å². The molecule has 0 spiro atoms. The molecule has 0 aliphatic heterocycles. The largest absolute Gasteiger partial charge is 0.397 e. The van der Waals surface area contributed by atoms with Crippen molar-refractivity contribution >= 4 is 33.0 Å². The molecule has 3 nitrogen and oxygen atoms in total. The normalized spacial score (nSPS) is 10.0. The summed E-state index contributed by atoms with van der Waals surface area (Å²) in [4.78, 5) is 2.00. The van der Waals surface area contributed by atoms with E-state index in [9.17, 15) is 0 Å². The SMILES string of the molecule is Cc1ccc(Br)cc1N(C)c1cc(C#N)ccc1N. The van der Waals surface area contributed by atoms with Crippen molar-refractivity contribution in [3.8, 4) is 6.07 Å². The fraction of sp³-hybridized carbons (Fsp3) is 0.133. The molecule has 0 radical (unpaired) electrons. The molecule has 19 heavy (non-hydrogen) atoms. The Hall–Kier alpha value is -1.99. The number of hydrogen-bond donors (Lipinski definition) is 1. The highest BCUT2D eigenvalue weighted by atomic mass is 79.9. The van der Waals surface area contributed by atoms with E-state index in [1.54, 1.807) is 18.2 Å². The monoisotopic (exact) mass is 315 g/mol. The molecule has 0 heterocycles. The molecule has 0 saturated heterocycles. The van der Waals surface area contributed by atoms with E-state index in [0.717, 1.165) is 21.4 Å². The van der Waals surface area contributed by atoms with E-state index < -0.39 is 0 Å². The Balaban J connectivity index is 2.52. The number of nitriles is 1. The first kappa shape index (κ1) is 13.4. The standard InChI is InChI=1S/C15H14BrN3/c1-10-3-5-12(16)8-14(10)19(2)15-7-11(9-17)4-6-13(15)18/h3-8H,18H2,1-2H3. The molecular weight excluding hydrogens is 302 g/mol. The topological polar surface area (TPSA) is 53.0 Å². The van der Waals surface area contributed by atoms with Gasteiger partial charge in [0.2, 0.25) is 0 Å². The van der Waals surface area contributed by atoms with Crippen LogP contribution in [0.4, 0.5) is 17.1 Å². The van der Waals surface area contributed by atoms with Crippen LogP contribution in [0.15, 0.2) is 40.9 Å². The highest BCUT2D eigenvalue weighted by Gasteiger charge is 2.11. The lowest BCUT2D eigenvalue weighted by atomic mass is 10.1. The number of benzene rings is 2. The van der Waals surface area contributed by atoms with Crippen LogP contribution >= 0.6 is 15.9 Å². The maximum absolute atomic E-state index is 8.99. The number of aryl methyl sites for hydroxylation is 1. The number of halogens is 1. The third kappa shape index (κ3) is 2.72. The molecule has 0 aliphatic rings. The summed E-state index contributed by atoms with van der Waals surface area (Å²) in [6.07, 6.45) is 0. The maximum atomic E-state index is 8.99. The number of anilines is 3. The molecule has 2 rings (SSSR count). The minimum absolute atomic E-state index is 0.601.